The first-order chi connectivity index (χ1) is 9.06. The Kier molecular flexibility index (Phi) is 4.37. The quantitative estimate of drug-likeness (QED) is 0.891. The van der Waals surface area contributed by atoms with Crippen LogP contribution in [0.3, 0.4) is 0 Å². The number of likely N-dealkylation sites (tertiary alicyclic amines) is 1. The van der Waals surface area contributed by atoms with Crippen molar-refractivity contribution >= 4 is 11.7 Å². The molecule has 1 aliphatic rings. The molecule has 0 aromatic heterocycles. The van der Waals surface area contributed by atoms with Gasteiger partial charge in [0.1, 0.15) is 5.82 Å². The van der Waals surface area contributed by atoms with E-state index in [-0.39, 0.29) is 17.9 Å². The van der Waals surface area contributed by atoms with Crippen LogP contribution >= 0.6 is 0 Å². The summed E-state index contributed by atoms with van der Waals surface area (Å²) >= 11 is 0. The third kappa shape index (κ3) is 3.67. The van der Waals surface area contributed by atoms with Gasteiger partial charge in [-0.25, -0.2) is 9.18 Å². The lowest BCUT2D eigenvalue weighted by Gasteiger charge is -2.35. The Labute approximate surface area is 113 Å². The monoisotopic (exact) mass is 265 g/mol. The Morgan fingerprint density at radius 3 is 2.74 bits per heavy atom. The van der Waals surface area contributed by atoms with Crippen molar-refractivity contribution in [3.63, 3.8) is 0 Å². The number of piperidine rings is 1. The van der Waals surface area contributed by atoms with Gasteiger partial charge in [-0.2, -0.15) is 0 Å². The normalized spacial score (nSPS) is 17.2. The van der Waals surface area contributed by atoms with E-state index in [0.29, 0.717) is 5.69 Å². The predicted molar refractivity (Wildman–Crippen MR) is 73.7 cm³/mol. The van der Waals surface area contributed by atoms with Crippen molar-refractivity contribution in [3.05, 3.63) is 30.1 Å². The maximum absolute atomic E-state index is 13.0. The topological polar surface area (TPSA) is 35.6 Å². The number of urea groups is 1. The summed E-state index contributed by atoms with van der Waals surface area (Å²) < 4.78 is 13.0. The zero-order valence-corrected chi connectivity index (χ0v) is 11.4. The van der Waals surface area contributed by atoms with Gasteiger partial charge in [0.25, 0.3) is 0 Å². The standard InChI is InChI=1S/C14H20FN3O/c1-17-8-6-13(7-9-17)18(2)14(19)16-12-5-3-4-11(15)10-12/h3-5,10,13H,6-9H2,1-2H3,(H,16,19). The zero-order valence-electron chi connectivity index (χ0n) is 11.4. The third-order valence-electron chi connectivity index (χ3n) is 3.63. The minimum atomic E-state index is -0.347. The molecule has 104 valence electrons. The van der Waals surface area contributed by atoms with Crippen molar-refractivity contribution in [2.75, 3.05) is 32.5 Å². The highest BCUT2D eigenvalue weighted by atomic mass is 19.1. The van der Waals surface area contributed by atoms with Gasteiger partial charge in [0, 0.05) is 18.8 Å². The highest BCUT2D eigenvalue weighted by Crippen LogP contribution is 2.16. The summed E-state index contributed by atoms with van der Waals surface area (Å²) in [4.78, 5) is 16.1. The first kappa shape index (κ1) is 13.8. The van der Waals surface area contributed by atoms with Gasteiger partial charge in [0.15, 0.2) is 0 Å². The van der Waals surface area contributed by atoms with Crippen LogP contribution in [0.5, 0.6) is 0 Å². The van der Waals surface area contributed by atoms with E-state index in [0.717, 1.165) is 25.9 Å². The molecule has 1 aliphatic heterocycles. The molecule has 0 bridgehead atoms. The van der Waals surface area contributed by atoms with E-state index < -0.39 is 0 Å². The molecule has 5 heteroatoms. The SMILES string of the molecule is CN1CCC(N(C)C(=O)Nc2cccc(F)c2)CC1. The van der Waals surface area contributed by atoms with Crippen molar-refractivity contribution in [2.24, 2.45) is 0 Å². The van der Waals surface area contributed by atoms with E-state index >= 15 is 0 Å². The lowest BCUT2D eigenvalue weighted by atomic mass is 10.0. The number of amides is 2. The van der Waals surface area contributed by atoms with Crippen molar-refractivity contribution in [2.45, 2.75) is 18.9 Å². The number of anilines is 1. The number of nitrogens with zero attached hydrogens (tertiary/aromatic N) is 2. The minimum Gasteiger partial charge on any atom is -0.325 e. The molecule has 1 saturated heterocycles. The van der Waals surface area contributed by atoms with Crippen LogP contribution in [0, 0.1) is 5.82 Å². The van der Waals surface area contributed by atoms with Crippen molar-refractivity contribution in [1.82, 2.24) is 9.80 Å². The molecule has 1 fully saturated rings. The summed E-state index contributed by atoms with van der Waals surface area (Å²) in [5.74, 6) is -0.347. The number of halogens is 1. The van der Waals surface area contributed by atoms with Crippen molar-refractivity contribution in [3.8, 4) is 0 Å². The van der Waals surface area contributed by atoms with Crippen molar-refractivity contribution in [1.29, 1.82) is 0 Å². The van der Waals surface area contributed by atoms with Gasteiger partial charge in [-0.1, -0.05) is 6.07 Å². The van der Waals surface area contributed by atoms with E-state index in [1.807, 2.05) is 0 Å². The Bertz CT molecular complexity index is 444. The second kappa shape index (κ2) is 6.02. The first-order valence-electron chi connectivity index (χ1n) is 6.54. The smallest absolute Gasteiger partial charge is 0.321 e. The van der Waals surface area contributed by atoms with Crippen LogP contribution in [0.25, 0.3) is 0 Å². The Hall–Kier alpha value is -1.62. The predicted octanol–water partition coefficient (Wildman–Crippen LogP) is 2.38. The second-order valence-electron chi connectivity index (χ2n) is 5.09. The van der Waals surface area contributed by atoms with Gasteiger partial charge in [0.05, 0.1) is 0 Å². The van der Waals surface area contributed by atoms with E-state index in [2.05, 4.69) is 17.3 Å². The summed E-state index contributed by atoms with van der Waals surface area (Å²) in [6, 6.07) is 6.02. The molecule has 4 nitrogen and oxygen atoms in total. The van der Waals surface area contributed by atoms with Gasteiger partial charge < -0.3 is 15.1 Å². The molecule has 0 aliphatic carbocycles. The number of nitrogens with one attached hydrogen (secondary N) is 1. The number of hydrogen-bond donors (Lipinski definition) is 1. The molecule has 0 atom stereocenters. The molecular weight excluding hydrogens is 245 g/mol. The number of carbonyl (C=O) groups is 1. The maximum Gasteiger partial charge on any atom is 0.321 e. The number of rotatable bonds is 2. The van der Waals surface area contributed by atoms with Gasteiger partial charge in [-0.05, 0) is 51.2 Å². The van der Waals surface area contributed by atoms with Crippen LogP contribution in [0.15, 0.2) is 24.3 Å². The molecule has 2 amide bonds. The number of carbonyl (C=O) groups excluding carboxylic acids is 1. The molecule has 0 spiro atoms. The second-order valence-corrected chi connectivity index (χ2v) is 5.09. The summed E-state index contributed by atoms with van der Waals surface area (Å²) in [5.41, 5.74) is 0.491. The van der Waals surface area contributed by atoms with Crippen molar-refractivity contribution < 1.29 is 9.18 Å². The van der Waals surface area contributed by atoms with Crippen LogP contribution in [0.1, 0.15) is 12.8 Å². The molecule has 0 radical (unpaired) electrons. The molecule has 1 aromatic carbocycles. The fourth-order valence-electron chi connectivity index (χ4n) is 2.33. The zero-order chi connectivity index (χ0) is 13.8. The largest absolute Gasteiger partial charge is 0.325 e. The Balaban J connectivity index is 1.92. The molecule has 19 heavy (non-hydrogen) atoms. The minimum absolute atomic E-state index is 0.180. The summed E-state index contributed by atoms with van der Waals surface area (Å²) in [5, 5.41) is 2.72. The van der Waals surface area contributed by atoms with Crippen LogP contribution in [-0.2, 0) is 0 Å². The number of benzene rings is 1. The maximum atomic E-state index is 13.0. The molecular formula is C14H20FN3O. The van der Waals surface area contributed by atoms with Gasteiger partial charge in [-0.15, -0.1) is 0 Å². The number of hydrogen-bond acceptors (Lipinski definition) is 2. The summed E-state index contributed by atoms with van der Waals surface area (Å²) in [7, 11) is 3.88. The van der Waals surface area contributed by atoms with Crippen LogP contribution in [0.4, 0.5) is 14.9 Å². The van der Waals surface area contributed by atoms with Gasteiger partial charge in [-0.3, -0.25) is 0 Å². The molecule has 1 heterocycles. The Morgan fingerprint density at radius 1 is 1.42 bits per heavy atom. The fraction of sp³-hybridized carbons (Fsp3) is 0.500. The Morgan fingerprint density at radius 2 is 2.11 bits per heavy atom. The summed E-state index contributed by atoms with van der Waals surface area (Å²) in [6.07, 6.45) is 1.95. The lowest BCUT2D eigenvalue weighted by Crippen LogP contribution is -2.46. The van der Waals surface area contributed by atoms with Gasteiger partial charge in [0.2, 0.25) is 0 Å². The fourth-order valence-corrected chi connectivity index (χ4v) is 2.33. The average Bonchev–Trinajstić information content (AvgIpc) is 2.39. The van der Waals surface area contributed by atoms with E-state index in [9.17, 15) is 9.18 Å². The molecule has 1 N–H and O–H groups in total. The van der Waals surface area contributed by atoms with Crippen LogP contribution in [0.2, 0.25) is 0 Å². The van der Waals surface area contributed by atoms with Crippen LogP contribution < -0.4 is 5.32 Å². The average molecular weight is 265 g/mol. The highest BCUT2D eigenvalue weighted by molar-refractivity contribution is 5.89. The third-order valence-corrected chi connectivity index (χ3v) is 3.63. The van der Waals surface area contributed by atoms with E-state index in [1.165, 1.54) is 12.1 Å². The lowest BCUT2D eigenvalue weighted by molar-refractivity contribution is 0.156. The summed E-state index contributed by atoms with van der Waals surface area (Å²) in [6.45, 7) is 2.00. The van der Waals surface area contributed by atoms with E-state index in [1.54, 1.807) is 24.1 Å². The molecule has 0 saturated carbocycles. The van der Waals surface area contributed by atoms with Crippen LogP contribution in [-0.4, -0.2) is 49.1 Å². The van der Waals surface area contributed by atoms with Gasteiger partial charge >= 0.3 is 6.03 Å². The first-order valence-corrected chi connectivity index (χ1v) is 6.54. The molecule has 0 unspecified atom stereocenters. The van der Waals surface area contributed by atoms with E-state index in [4.69, 9.17) is 0 Å². The molecule has 1 aromatic rings. The highest BCUT2D eigenvalue weighted by Gasteiger charge is 2.23. The molecule has 2 rings (SSSR count).